The molecule has 0 aliphatic carbocycles. The Bertz CT molecular complexity index is 386. The molecule has 1 aliphatic heterocycles. The number of nitrogens with one attached hydrogen (secondary N) is 1. The van der Waals surface area contributed by atoms with Crippen molar-refractivity contribution in [3.63, 3.8) is 0 Å². The lowest BCUT2D eigenvalue weighted by Crippen LogP contribution is -2.26. The van der Waals surface area contributed by atoms with Gasteiger partial charge in [-0.3, -0.25) is 0 Å². The molecule has 2 rings (SSSR count). The minimum atomic E-state index is -0.0611. The second-order valence-corrected chi connectivity index (χ2v) is 4.88. The summed E-state index contributed by atoms with van der Waals surface area (Å²) < 4.78 is 11.1. The van der Waals surface area contributed by atoms with Crippen LogP contribution in [0.4, 0.5) is 0 Å². The summed E-state index contributed by atoms with van der Waals surface area (Å²) in [5.41, 5.74) is 3.98. The quantitative estimate of drug-likeness (QED) is 0.870. The summed E-state index contributed by atoms with van der Waals surface area (Å²) in [6, 6.07) is 6.91. The third-order valence-corrected chi connectivity index (χ3v) is 3.38. The van der Waals surface area contributed by atoms with Gasteiger partial charge in [-0.15, -0.1) is 0 Å². The van der Waals surface area contributed by atoms with Crippen LogP contribution in [0.2, 0.25) is 0 Å². The SMILES string of the molecule is CCNC(CC1OCCO1)c1cc(C)ccc1C. The average Bonchev–Trinajstić information content (AvgIpc) is 2.85. The first kappa shape index (κ1) is 13.5. The normalized spacial score (nSPS) is 18.2. The van der Waals surface area contributed by atoms with E-state index in [1.54, 1.807) is 0 Å². The minimum Gasteiger partial charge on any atom is -0.350 e. The second-order valence-electron chi connectivity index (χ2n) is 4.88. The molecule has 1 saturated heterocycles. The van der Waals surface area contributed by atoms with Crippen LogP contribution in [0.1, 0.15) is 36.1 Å². The van der Waals surface area contributed by atoms with E-state index in [9.17, 15) is 0 Å². The van der Waals surface area contributed by atoms with Crippen molar-refractivity contribution in [1.29, 1.82) is 0 Å². The Kier molecular flexibility index (Phi) is 4.75. The highest BCUT2D eigenvalue weighted by Gasteiger charge is 2.23. The summed E-state index contributed by atoms with van der Waals surface area (Å²) in [6.45, 7) is 8.82. The van der Waals surface area contributed by atoms with Gasteiger partial charge in [0.2, 0.25) is 0 Å². The van der Waals surface area contributed by atoms with Crippen LogP contribution in [0.3, 0.4) is 0 Å². The molecule has 1 fully saturated rings. The Labute approximate surface area is 109 Å². The molecule has 3 heteroatoms. The van der Waals surface area contributed by atoms with Crippen LogP contribution in [0.25, 0.3) is 0 Å². The molecule has 1 N–H and O–H groups in total. The molecule has 0 radical (unpaired) electrons. The van der Waals surface area contributed by atoms with Crippen molar-refractivity contribution in [2.45, 2.75) is 39.5 Å². The molecule has 0 saturated carbocycles. The van der Waals surface area contributed by atoms with E-state index in [2.05, 4.69) is 44.3 Å². The van der Waals surface area contributed by atoms with Gasteiger partial charge in [-0.2, -0.15) is 0 Å². The fraction of sp³-hybridized carbons (Fsp3) is 0.600. The van der Waals surface area contributed by atoms with E-state index in [4.69, 9.17) is 9.47 Å². The van der Waals surface area contributed by atoms with Gasteiger partial charge in [0.05, 0.1) is 13.2 Å². The highest BCUT2D eigenvalue weighted by atomic mass is 16.7. The van der Waals surface area contributed by atoms with Crippen LogP contribution < -0.4 is 5.32 Å². The zero-order chi connectivity index (χ0) is 13.0. The van der Waals surface area contributed by atoms with Crippen molar-refractivity contribution in [2.75, 3.05) is 19.8 Å². The number of hydrogen-bond acceptors (Lipinski definition) is 3. The molecule has 0 bridgehead atoms. The van der Waals surface area contributed by atoms with Crippen LogP contribution in [-0.2, 0) is 9.47 Å². The van der Waals surface area contributed by atoms with Gasteiger partial charge in [0, 0.05) is 12.5 Å². The van der Waals surface area contributed by atoms with Gasteiger partial charge in [-0.25, -0.2) is 0 Å². The summed E-state index contributed by atoms with van der Waals surface area (Å²) in [5, 5.41) is 3.53. The van der Waals surface area contributed by atoms with Gasteiger partial charge in [0.25, 0.3) is 0 Å². The van der Waals surface area contributed by atoms with Gasteiger partial charge in [-0.1, -0.05) is 30.7 Å². The van der Waals surface area contributed by atoms with Crippen molar-refractivity contribution in [1.82, 2.24) is 5.32 Å². The highest BCUT2D eigenvalue weighted by molar-refractivity contribution is 5.33. The van der Waals surface area contributed by atoms with E-state index in [0.29, 0.717) is 6.04 Å². The topological polar surface area (TPSA) is 30.5 Å². The van der Waals surface area contributed by atoms with Crippen LogP contribution in [0.15, 0.2) is 18.2 Å². The summed E-state index contributed by atoms with van der Waals surface area (Å²) in [7, 11) is 0. The molecule has 1 heterocycles. The van der Waals surface area contributed by atoms with Crippen molar-refractivity contribution >= 4 is 0 Å². The smallest absolute Gasteiger partial charge is 0.159 e. The van der Waals surface area contributed by atoms with Crippen LogP contribution in [0.5, 0.6) is 0 Å². The van der Waals surface area contributed by atoms with Crippen molar-refractivity contribution in [3.05, 3.63) is 34.9 Å². The second kappa shape index (κ2) is 6.32. The number of aryl methyl sites for hydroxylation is 2. The number of rotatable bonds is 5. The zero-order valence-corrected chi connectivity index (χ0v) is 11.5. The lowest BCUT2D eigenvalue weighted by Gasteiger charge is -2.23. The van der Waals surface area contributed by atoms with E-state index in [1.165, 1.54) is 16.7 Å². The molecule has 1 aliphatic rings. The molecular weight excluding hydrogens is 226 g/mol. The van der Waals surface area contributed by atoms with E-state index >= 15 is 0 Å². The summed E-state index contributed by atoms with van der Waals surface area (Å²) >= 11 is 0. The standard InChI is InChI=1S/C15H23NO2/c1-4-16-14(10-15-17-7-8-18-15)13-9-11(2)5-6-12(13)3/h5-6,9,14-16H,4,7-8,10H2,1-3H3. The number of ether oxygens (including phenoxy) is 2. The fourth-order valence-electron chi connectivity index (χ4n) is 2.44. The van der Waals surface area contributed by atoms with Crippen molar-refractivity contribution in [2.24, 2.45) is 0 Å². The molecule has 1 aromatic rings. The molecule has 0 spiro atoms. The molecule has 0 amide bonds. The molecule has 1 atom stereocenters. The molecular formula is C15H23NO2. The zero-order valence-electron chi connectivity index (χ0n) is 11.5. The Morgan fingerprint density at radius 1 is 1.28 bits per heavy atom. The summed E-state index contributed by atoms with van der Waals surface area (Å²) in [5.74, 6) is 0. The average molecular weight is 249 g/mol. The largest absolute Gasteiger partial charge is 0.350 e. The minimum absolute atomic E-state index is 0.0611. The van der Waals surface area contributed by atoms with Crippen LogP contribution in [-0.4, -0.2) is 26.0 Å². The lowest BCUT2D eigenvalue weighted by molar-refractivity contribution is -0.0529. The molecule has 1 unspecified atom stereocenters. The van der Waals surface area contributed by atoms with E-state index in [1.807, 2.05) is 0 Å². The van der Waals surface area contributed by atoms with Crippen molar-refractivity contribution in [3.8, 4) is 0 Å². The van der Waals surface area contributed by atoms with E-state index < -0.39 is 0 Å². The van der Waals surface area contributed by atoms with Gasteiger partial charge >= 0.3 is 0 Å². The maximum Gasteiger partial charge on any atom is 0.159 e. The lowest BCUT2D eigenvalue weighted by atomic mass is 9.96. The van der Waals surface area contributed by atoms with Crippen LogP contribution in [0, 0.1) is 13.8 Å². The molecule has 1 aromatic carbocycles. The Morgan fingerprint density at radius 2 is 2.00 bits per heavy atom. The van der Waals surface area contributed by atoms with Gasteiger partial charge in [0.15, 0.2) is 6.29 Å². The monoisotopic (exact) mass is 249 g/mol. The molecule has 3 nitrogen and oxygen atoms in total. The van der Waals surface area contributed by atoms with Gasteiger partial charge < -0.3 is 14.8 Å². The van der Waals surface area contributed by atoms with Crippen molar-refractivity contribution < 1.29 is 9.47 Å². The fourth-order valence-corrected chi connectivity index (χ4v) is 2.44. The summed E-state index contributed by atoms with van der Waals surface area (Å²) in [6.07, 6.45) is 0.812. The van der Waals surface area contributed by atoms with E-state index in [-0.39, 0.29) is 6.29 Å². The number of benzene rings is 1. The Hall–Kier alpha value is -0.900. The predicted octanol–water partition coefficient (Wildman–Crippen LogP) is 2.72. The summed E-state index contributed by atoms with van der Waals surface area (Å²) in [4.78, 5) is 0. The van der Waals surface area contributed by atoms with Crippen LogP contribution >= 0.6 is 0 Å². The van der Waals surface area contributed by atoms with Gasteiger partial charge in [0.1, 0.15) is 0 Å². The third-order valence-electron chi connectivity index (χ3n) is 3.38. The predicted molar refractivity (Wildman–Crippen MR) is 72.6 cm³/mol. The third kappa shape index (κ3) is 3.31. The maximum absolute atomic E-state index is 5.56. The molecule has 100 valence electrons. The van der Waals surface area contributed by atoms with E-state index in [0.717, 1.165) is 26.2 Å². The Balaban J connectivity index is 2.14. The first-order chi connectivity index (χ1) is 8.70. The maximum atomic E-state index is 5.56. The van der Waals surface area contributed by atoms with Gasteiger partial charge in [-0.05, 0) is 31.5 Å². The number of hydrogen-bond donors (Lipinski definition) is 1. The highest BCUT2D eigenvalue weighted by Crippen LogP contribution is 2.25. The first-order valence-electron chi connectivity index (χ1n) is 6.74. The first-order valence-corrected chi connectivity index (χ1v) is 6.74. The molecule has 18 heavy (non-hydrogen) atoms. The molecule has 0 aromatic heterocycles. The Morgan fingerprint density at radius 3 is 2.67 bits per heavy atom.